The molecule has 1 aliphatic heterocycles. The Hall–Kier alpha value is -3.28. The Morgan fingerprint density at radius 1 is 1.06 bits per heavy atom. The number of aryl methyl sites for hydroxylation is 1. The third-order valence-electron chi connectivity index (χ3n) is 5.66. The van der Waals surface area contributed by atoms with E-state index in [2.05, 4.69) is 32.2 Å². The normalized spacial score (nSPS) is 15.0. The van der Waals surface area contributed by atoms with Crippen LogP contribution in [0.4, 0.5) is 0 Å². The van der Waals surface area contributed by atoms with Crippen molar-refractivity contribution in [1.29, 1.82) is 5.26 Å². The van der Waals surface area contributed by atoms with Gasteiger partial charge in [0, 0.05) is 17.4 Å². The van der Waals surface area contributed by atoms with E-state index < -0.39 is 0 Å². The predicted octanol–water partition coefficient (Wildman–Crippen LogP) is 3.53. The maximum Gasteiger partial charge on any atom is 0.273 e. The predicted molar refractivity (Wildman–Crippen MR) is 133 cm³/mol. The number of aromatic nitrogens is 4. The first-order valence-corrected chi connectivity index (χ1v) is 12.4. The molecule has 0 saturated heterocycles. The van der Waals surface area contributed by atoms with Gasteiger partial charge >= 0.3 is 0 Å². The molecule has 3 heterocycles. The number of benzene rings is 2. The van der Waals surface area contributed by atoms with Gasteiger partial charge in [0.25, 0.3) is 5.56 Å². The van der Waals surface area contributed by atoms with Gasteiger partial charge < -0.3 is 4.57 Å². The summed E-state index contributed by atoms with van der Waals surface area (Å²) < 4.78 is 5.76. The van der Waals surface area contributed by atoms with Gasteiger partial charge in [0.05, 0.1) is 10.2 Å². The monoisotopic (exact) mass is 517 g/mol. The van der Waals surface area contributed by atoms with E-state index in [9.17, 15) is 10.1 Å². The molecule has 0 saturated carbocycles. The highest BCUT2D eigenvalue weighted by Crippen LogP contribution is 2.18. The Labute approximate surface area is 202 Å². The summed E-state index contributed by atoms with van der Waals surface area (Å²) in [7, 11) is 0. The Morgan fingerprint density at radius 3 is 2.61 bits per heavy atom. The van der Waals surface area contributed by atoms with Crippen LogP contribution < -0.4 is 14.8 Å². The molecule has 0 bridgehead atoms. The van der Waals surface area contributed by atoms with E-state index in [0.29, 0.717) is 26.3 Å². The minimum absolute atomic E-state index is 0.160. The van der Waals surface area contributed by atoms with Gasteiger partial charge in [-0.2, -0.15) is 5.26 Å². The lowest BCUT2D eigenvalue weighted by Gasteiger charge is -2.07. The topological polar surface area (TPSA) is 76.5 Å². The first-order valence-electron chi connectivity index (χ1n) is 10.8. The van der Waals surface area contributed by atoms with Crippen molar-refractivity contribution in [1.82, 2.24) is 19.3 Å². The standard InChI is InChI=1S/C25H20BrN5OS/c26-18-12-10-17(11-13-18)15-21-24(32)31(19-7-3-1-4-8-19)25(33-21)20(16-27)23-29-28-22-9-5-2-6-14-30(22)23/h1,3-4,7-8,10-13,15H,2,5-6,9,14H2. The van der Waals surface area contributed by atoms with E-state index in [1.807, 2.05) is 65.2 Å². The fourth-order valence-corrected chi connectivity index (χ4v) is 5.40. The zero-order valence-electron chi connectivity index (χ0n) is 17.7. The minimum Gasteiger partial charge on any atom is -0.310 e. The lowest BCUT2D eigenvalue weighted by atomic mass is 10.2. The second-order valence-corrected chi connectivity index (χ2v) is 9.78. The van der Waals surface area contributed by atoms with Crippen molar-refractivity contribution >= 4 is 38.9 Å². The van der Waals surface area contributed by atoms with Crippen molar-refractivity contribution < 1.29 is 0 Å². The van der Waals surface area contributed by atoms with E-state index in [1.54, 1.807) is 4.57 Å². The summed E-state index contributed by atoms with van der Waals surface area (Å²) in [6, 6.07) is 19.5. The smallest absolute Gasteiger partial charge is 0.273 e. The van der Waals surface area contributed by atoms with Crippen molar-refractivity contribution in [3.05, 3.63) is 95.8 Å². The van der Waals surface area contributed by atoms with E-state index in [-0.39, 0.29) is 5.56 Å². The van der Waals surface area contributed by atoms with Gasteiger partial charge in [-0.05, 0) is 48.7 Å². The van der Waals surface area contributed by atoms with Crippen molar-refractivity contribution in [2.24, 2.45) is 0 Å². The van der Waals surface area contributed by atoms with Crippen molar-refractivity contribution in [3.8, 4) is 11.8 Å². The van der Waals surface area contributed by atoms with E-state index in [1.165, 1.54) is 11.3 Å². The molecule has 164 valence electrons. The molecule has 0 N–H and O–H groups in total. The van der Waals surface area contributed by atoms with Crippen LogP contribution in [0.1, 0.15) is 36.5 Å². The van der Waals surface area contributed by atoms with Crippen LogP contribution in [0, 0.1) is 11.3 Å². The van der Waals surface area contributed by atoms with E-state index in [0.717, 1.165) is 48.1 Å². The van der Waals surface area contributed by atoms with Gasteiger partial charge in [0.1, 0.15) is 22.1 Å². The Balaban J connectivity index is 1.82. The van der Waals surface area contributed by atoms with Crippen LogP contribution in [0.25, 0.3) is 17.3 Å². The van der Waals surface area contributed by atoms with Crippen molar-refractivity contribution in [2.75, 3.05) is 0 Å². The molecule has 0 radical (unpaired) electrons. The first-order chi connectivity index (χ1) is 16.2. The number of nitriles is 1. The molecule has 8 heteroatoms. The molecule has 0 fully saturated rings. The second kappa shape index (κ2) is 9.30. The van der Waals surface area contributed by atoms with E-state index in [4.69, 9.17) is 0 Å². The van der Waals surface area contributed by atoms with Gasteiger partial charge in [-0.25, -0.2) is 0 Å². The number of para-hydroxylation sites is 1. The first kappa shape index (κ1) is 21.6. The Kier molecular flexibility index (Phi) is 6.07. The molecular weight excluding hydrogens is 498 g/mol. The molecule has 1 aliphatic rings. The summed E-state index contributed by atoms with van der Waals surface area (Å²) in [5.74, 6) is 1.44. The zero-order chi connectivity index (χ0) is 22.8. The molecule has 0 amide bonds. The highest BCUT2D eigenvalue weighted by Gasteiger charge is 2.21. The SMILES string of the molecule is N#CC(c1nnc2n1CCCCC2)=c1sc(=Cc2ccc(Br)cc2)c(=O)n1-c1ccccc1. The molecule has 0 aliphatic carbocycles. The van der Waals surface area contributed by atoms with Crippen LogP contribution in [-0.4, -0.2) is 19.3 Å². The summed E-state index contributed by atoms with van der Waals surface area (Å²) in [6.45, 7) is 0.779. The summed E-state index contributed by atoms with van der Waals surface area (Å²) in [4.78, 5) is 13.6. The van der Waals surface area contributed by atoms with Gasteiger partial charge in [-0.3, -0.25) is 9.36 Å². The Morgan fingerprint density at radius 2 is 1.85 bits per heavy atom. The lowest BCUT2D eigenvalue weighted by molar-refractivity contribution is 0.627. The Bertz CT molecular complexity index is 1520. The van der Waals surface area contributed by atoms with Gasteiger partial charge in [0.2, 0.25) is 0 Å². The molecule has 0 unspecified atom stereocenters. The van der Waals surface area contributed by atoms with Crippen molar-refractivity contribution in [3.63, 3.8) is 0 Å². The number of nitrogens with zero attached hydrogens (tertiary/aromatic N) is 5. The van der Waals surface area contributed by atoms with Gasteiger partial charge in [0.15, 0.2) is 5.82 Å². The number of fused-ring (bicyclic) bond motifs is 1. The summed E-state index contributed by atoms with van der Waals surface area (Å²) in [5, 5.41) is 19.0. The average Bonchev–Trinajstić information content (AvgIpc) is 3.27. The quantitative estimate of drug-likeness (QED) is 0.416. The summed E-state index contributed by atoms with van der Waals surface area (Å²) in [6.07, 6.45) is 5.94. The van der Waals surface area contributed by atoms with E-state index >= 15 is 0 Å². The molecule has 33 heavy (non-hydrogen) atoms. The third-order valence-corrected chi connectivity index (χ3v) is 7.29. The molecule has 2 aromatic heterocycles. The second-order valence-electron chi connectivity index (χ2n) is 7.83. The largest absolute Gasteiger partial charge is 0.310 e. The molecule has 5 rings (SSSR count). The molecular formula is C25H20BrN5OS. The number of hydrogen-bond acceptors (Lipinski definition) is 5. The fraction of sp³-hybridized carbons (Fsp3) is 0.200. The maximum atomic E-state index is 13.6. The summed E-state index contributed by atoms with van der Waals surface area (Å²) >= 11 is 4.76. The van der Waals surface area contributed by atoms with Crippen molar-refractivity contribution in [2.45, 2.75) is 32.2 Å². The molecule has 4 aromatic rings. The number of thiazole rings is 1. The third kappa shape index (κ3) is 4.22. The summed E-state index contributed by atoms with van der Waals surface area (Å²) in [5.41, 5.74) is 1.84. The van der Waals surface area contributed by atoms with Crippen LogP contribution in [0.15, 0.2) is 63.9 Å². The molecule has 0 spiro atoms. The number of rotatable bonds is 3. The van der Waals surface area contributed by atoms with Gasteiger partial charge in [-0.15, -0.1) is 21.5 Å². The number of halogens is 1. The highest BCUT2D eigenvalue weighted by molar-refractivity contribution is 9.10. The van der Waals surface area contributed by atoms with Crippen LogP contribution in [-0.2, 0) is 13.0 Å². The van der Waals surface area contributed by atoms with Crippen LogP contribution in [0.5, 0.6) is 0 Å². The van der Waals surface area contributed by atoms with Gasteiger partial charge in [-0.1, -0.05) is 52.7 Å². The zero-order valence-corrected chi connectivity index (χ0v) is 20.1. The molecule has 6 nitrogen and oxygen atoms in total. The van der Waals surface area contributed by atoms with Crippen LogP contribution in [0.2, 0.25) is 0 Å². The molecule has 0 atom stereocenters. The number of hydrogen-bond donors (Lipinski definition) is 0. The van der Waals surface area contributed by atoms with Crippen LogP contribution >= 0.6 is 27.3 Å². The van der Waals surface area contributed by atoms with Crippen LogP contribution in [0.3, 0.4) is 0 Å². The fourth-order valence-electron chi connectivity index (χ4n) is 4.04. The molecule has 2 aromatic carbocycles. The lowest BCUT2D eigenvalue weighted by Crippen LogP contribution is -2.31. The minimum atomic E-state index is -0.160. The highest BCUT2D eigenvalue weighted by atomic mass is 79.9. The average molecular weight is 518 g/mol. The maximum absolute atomic E-state index is 13.6.